The van der Waals surface area contributed by atoms with Crippen molar-refractivity contribution in [3.63, 3.8) is 0 Å². The van der Waals surface area contributed by atoms with Crippen LogP contribution in [-0.2, 0) is 4.79 Å². The summed E-state index contributed by atoms with van der Waals surface area (Å²) in [6, 6.07) is 18.5. The number of rotatable bonds is 5. The summed E-state index contributed by atoms with van der Waals surface area (Å²) >= 11 is 0. The number of nitrogens with zero attached hydrogens (tertiary/aromatic N) is 3. The second-order valence-electron chi connectivity index (χ2n) is 4.98. The largest absolute Gasteiger partial charge is 0.480 e. The Hall–Kier alpha value is -3.48. The number of para-hydroxylation sites is 1. The molecule has 1 heterocycles. The first-order valence-electron chi connectivity index (χ1n) is 7.23. The van der Waals surface area contributed by atoms with Crippen LogP contribution in [0.25, 0.3) is 16.9 Å². The zero-order valence-corrected chi connectivity index (χ0v) is 12.6. The lowest BCUT2D eigenvalue weighted by Gasteiger charge is -2.08. The van der Waals surface area contributed by atoms with E-state index in [0.29, 0.717) is 5.69 Å². The van der Waals surface area contributed by atoms with Crippen LogP contribution in [0.3, 0.4) is 0 Å². The first kappa shape index (κ1) is 15.4. The monoisotopic (exact) mass is 322 g/mol. The maximum Gasteiger partial charge on any atom is 0.322 e. The van der Waals surface area contributed by atoms with Gasteiger partial charge in [0, 0.05) is 5.56 Å². The number of aliphatic carboxylic acids is 1. The molecule has 7 nitrogen and oxygen atoms in total. The molecule has 24 heavy (non-hydrogen) atoms. The standard InChI is InChI=1S/C17H14N4O3/c22-14(23)11-18-17(24)15-16(12-7-3-1-4-8-12)21(20-19-15)13-9-5-2-6-10-13/h1-10H,11H2,(H,18,24)(H,22,23). The molecule has 0 atom stereocenters. The third-order valence-corrected chi connectivity index (χ3v) is 3.33. The van der Waals surface area contributed by atoms with Crippen LogP contribution < -0.4 is 5.32 Å². The molecule has 120 valence electrons. The number of benzene rings is 2. The van der Waals surface area contributed by atoms with E-state index in [1.54, 1.807) is 4.68 Å². The minimum Gasteiger partial charge on any atom is -0.480 e. The van der Waals surface area contributed by atoms with Gasteiger partial charge in [-0.3, -0.25) is 9.59 Å². The number of carbonyl (C=O) groups is 2. The Labute approximate surface area is 137 Å². The summed E-state index contributed by atoms with van der Waals surface area (Å²) in [5.41, 5.74) is 2.09. The lowest BCUT2D eigenvalue weighted by Crippen LogP contribution is -2.30. The topological polar surface area (TPSA) is 97.1 Å². The van der Waals surface area contributed by atoms with Gasteiger partial charge in [0.05, 0.1) is 5.69 Å². The van der Waals surface area contributed by atoms with Crippen LogP contribution in [0.4, 0.5) is 0 Å². The number of carboxylic acids is 1. The second kappa shape index (κ2) is 6.74. The third-order valence-electron chi connectivity index (χ3n) is 3.33. The van der Waals surface area contributed by atoms with E-state index in [4.69, 9.17) is 5.11 Å². The van der Waals surface area contributed by atoms with Crippen molar-refractivity contribution in [1.82, 2.24) is 20.3 Å². The second-order valence-corrected chi connectivity index (χ2v) is 4.98. The van der Waals surface area contributed by atoms with Gasteiger partial charge in [0.2, 0.25) is 0 Å². The summed E-state index contributed by atoms with van der Waals surface area (Å²) in [4.78, 5) is 23.0. The first-order chi connectivity index (χ1) is 11.7. The number of carbonyl (C=O) groups excluding carboxylic acids is 1. The molecule has 0 aliphatic carbocycles. The summed E-state index contributed by atoms with van der Waals surface area (Å²) in [6.45, 7) is -0.481. The fourth-order valence-electron chi connectivity index (χ4n) is 2.28. The van der Waals surface area contributed by atoms with E-state index < -0.39 is 18.4 Å². The number of amides is 1. The quantitative estimate of drug-likeness (QED) is 0.746. The van der Waals surface area contributed by atoms with Gasteiger partial charge in [-0.1, -0.05) is 53.7 Å². The van der Waals surface area contributed by atoms with Crippen molar-refractivity contribution < 1.29 is 14.7 Å². The molecule has 0 bridgehead atoms. The summed E-state index contributed by atoms with van der Waals surface area (Å²) in [6.07, 6.45) is 0. The Morgan fingerprint density at radius 3 is 2.25 bits per heavy atom. The summed E-state index contributed by atoms with van der Waals surface area (Å²) in [5, 5.41) is 19.1. The maximum absolute atomic E-state index is 12.3. The number of carboxylic acid groups (broad SMARTS) is 1. The van der Waals surface area contributed by atoms with E-state index in [1.807, 2.05) is 60.7 Å². The average molecular weight is 322 g/mol. The van der Waals surface area contributed by atoms with E-state index >= 15 is 0 Å². The Kier molecular flexibility index (Phi) is 4.33. The van der Waals surface area contributed by atoms with E-state index in [0.717, 1.165) is 11.3 Å². The van der Waals surface area contributed by atoms with Crippen LogP contribution in [0.15, 0.2) is 60.7 Å². The van der Waals surface area contributed by atoms with Crippen LogP contribution in [-0.4, -0.2) is 38.5 Å². The van der Waals surface area contributed by atoms with Gasteiger partial charge >= 0.3 is 5.97 Å². The van der Waals surface area contributed by atoms with E-state index in [-0.39, 0.29) is 5.69 Å². The lowest BCUT2D eigenvalue weighted by atomic mass is 10.1. The molecule has 0 aliphatic heterocycles. The smallest absolute Gasteiger partial charge is 0.322 e. The van der Waals surface area contributed by atoms with E-state index in [2.05, 4.69) is 15.6 Å². The highest BCUT2D eigenvalue weighted by atomic mass is 16.4. The fourth-order valence-corrected chi connectivity index (χ4v) is 2.28. The SMILES string of the molecule is O=C(O)CNC(=O)c1nnn(-c2ccccc2)c1-c1ccccc1. The van der Waals surface area contributed by atoms with Gasteiger partial charge in [-0.15, -0.1) is 5.10 Å². The van der Waals surface area contributed by atoms with Gasteiger partial charge in [-0.05, 0) is 12.1 Å². The highest BCUT2D eigenvalue weighted by molar-refractivity contribution is 5.99. The van der Waals surface area contributed by atoms with Gasteiger partial charge in [0.1, 0.15) is 12.2 Å². The molecular formula is C17H14N4O3. The molecular weight excluding hydrogens is 308 g/mol. The van der Waals surface area contributed by atoms with Crippen molar-refractivity contribution in [2.75, 3.05) is 6.54 Å². The number of aromatic nitrogens is 3. The van der Waals surface area contributed by atoms with Crippen molar-refractivity contribution in [2.24, 2.45) is 0 Å². The minimum absolute atomic E-state index is 0.0753. The zero-order chi connectivity index (χ0) is 16.9. The van der Waals surface area contributed by atoms with Crippen molar-refractivity contribution in [3.8, 4) is 16.9 Å². The molecule has 0 fully saturated rings. The molecule has 3 rings (SSSR count). The summed E-state index contributed by atoms with van der Waals surface area (Å²) in [7, 11) is 0. The maximum atomic E-state index is 12.3. The Morgan fingerprint density at radius 2 is 1.62 bits per heavy atom. The molecule has 7 heteroatoms. The fraction of sp³-hybridized carbons (Fsp3) is 0.0588. The van der Waals surface area contributed by atoms with Crippen molar-refractivity contribution in [1.29, 1.82) is 0 Å². The molecule has 0 aliphatic rings. The van der Waals surface area contributed by atoms with Crippen molar-refractivity contribution in [3.05, 3.63) is 66.4 Å². The van der Waals surface area contributed by atoms with Gasteiger partial charge in [-0.2, -0.15) is 0 Å². The van der Waals surface area contributed by atoms with Gasteiger partial charge in [-0.25, -0.2) is 4.68 Å². The van der Waals surface area contributed by atoms with Crippen LogP contribution in [0.1, 0.15) is 10.5 Å². The molecule has 1 aromatic heterocycles. The summed E-state index contributed by atoms with van der Waals surface area (Å²) < 4.78 is 1.56. The molecule has 3 aromatic rings. The predicted octanol–water partition coefficient (Wildman–Crippen LogP) is 1.75. The first-order valence-corrected chi connectivity index (χ1v) is 7.23. The molecule has 0 saturated heterocycles. The van der Waals surface area contributed by atoms with Crippen molar-refractivity contribution >= 4 is 11.9 Å². The molecule has 2 N–H and O–H groups in total. The highest BCUT2D eigenvalue weighted by Gasteiger charge is 2.22. The van der Waals surface area contributed by atoms with Crippen LogP contribution in [0, 0.1) is 0 Å². The minimum atomic E-state index is -1.12. The third kappa shape index (κ3) is 3.14. The molecule has 2 aromatic carbocycles. The normalized spacial score (nSPS) is 10.3. The Bertz CT molecular complexity index is 860. The lowest BCUT2D eigenvalue weighted by molar-refractivity contribution is -0.135. The van der Waals surface area contributed by atoms with Crippen LogP contribution in [0.5, 0.6) is 0 Å². The zero-order valence-electron chi connectivity index (χ0n) is 12.6. The highest BCUT2D eigenvalue weighted by Crippen LogP contribution is 2.25. The molecule has 0 radical (unpaired) electrons. The van der Waals surface area contributed by atoms with Crippen LogP contribution >= 0.6 is 0 Å². The Balaban J connectivity index is 2.09. The van der Waals surface area contributed by atoms with E-state index in [9.17, 15) is 9.59 Å². The Morgan fingerprint density at radius 1 is 1.00 bits per heavy atom. The predicted molar refractivity (Wildman–Crippen MR) is 86.8 cm³/mol. The van der Waals surface area contributed by atoms with Crippen LogP contribution in [0.2, 0.25) is 0 Å². The molecule has 0 unspecified atom stereocenters. The molecule has 0 saturated carbocycles. The molecule has 1 amide bonds. The molecule has 0 spiro atoms. The van der Waals surface area contributed by atoms with Crippen molar-refractivity contribution in [2.45, 2.75) is 0 Å². The summed E-state index contributed by atoms with van der Waals surface area (Å²) in [5.74, 6) is -1.71. The van der Waals surface area contributed by atoms with Gasteiger partial charge in [0.15, 0.2) is 5.69 Å². The number of nitrogens with one attached hydrogen (secondary N) is 1. The van der Waals surface area contributed by atoms with E-state index in [1.165, 1.54) is 0 Å². The van der Waals surface area contributed by atoms with Gasteiger partial charge in [0.25, 0.3) is 5.91 Å². The average Bonchev–Trinajstić information content (AvgIpc) is 3.06. The van der Waals surface area contributed by atoms with Gasteiger partial charge < -0.3 is 10.4 Å². The number of hydrogen-bond acceptors (Lipinski definition) is 4. The number of hydrogen-bond donors (Lipinski definition) is 2.